The normalized spacial score (nSPS) is 28.4. The van der Waals surface area contributed by atoms with Crippen LogP contribution in [0.25, 0.3) is 0 Å². The molecule has 2 saturated heterocycles. The molecule has 2 fully saturated rings. The fourth-order valence-corrected chi connectivity index (χ4v) is 2.89. The van der Waals surface area contributed by atoms with E-state index in [-0.39, 0.29) is 0 Å². The molecule has 0 aliphatic carbocycles. The van der Waals surface area contributed by atoms with Crippen molar-refractivity contribution in [3.8, 4) is 0 Å². The molecule has 0 saturated carbocycles. The summed E-state index contributed by atoms with van der Waals surface area (Å²) in [7, 11) is 2.23. The van der Waals surface area contributed by atoms with Crippen LogP contribution in [-0.4, -0.2) is 50.8 Å². The van der Waals surface area contributed by atoms with Crippen LogP contribution in [0, 0.1) is 5.92 Å². The van der Waals surface area contributed by atoms with Crippen LogP contribution >= 0.6 is 0 Å². The fourth-order valence-electron chi connectivity index (χ4n) is 2.89. The van der Waals surface area contributed by atoms with Crippen LogP contribution in [0.1, 0.15) is 38.5 Å². The second-order valence-electron chi connectivity index (χ2n) is 5.73. The van der Waals surface area contributed by atoms with Gasteiger partial charge in [0.05, 0.1) is 6.10 Å². The van der Waals surface area contributed by atoms with E-state index in [2.05, 4.69) is 17.3 Å². The zero-order valence-corrected chi connectivity index (χ0v) is 11.3. The highest BCUT2D eigenvalue weighted by atomic mass is 16.5. The van der Waals surface area contributed by atoms with Gasteiger partial charge in [0.2, 0.25) is 0 Å². The molecular weight excluding hydrogens is 212 g/mol. The molecule has 3 heteroatoms. The molecule has 0 radical (unpaired) electrons. The van der Waals surface area contributed by atoms with Gasteiger partial charge in [0, 0.05) is 13.2 Å². The zero-order valence-electron chi connectivity index (χ0n) is 11.3. The van der Waals surface area contributed by atoms with Crippen molar-refractivity contribution in [2.45, 2.75) is 44.6 Å². The SMILES string of the molecule is CN1CCC(CCNCC2CCCCO2)CC1. The van der Waals surface area contributed by atoms with Gasteiger partial charge >= 0.3 is 0 Å². The minimum Gasteiger partial charge on any atom is -0.377 e. The number of nitrogens with zero attached hydrogens (tertiary/aromatic N) is 1. The Hall–Kier alpha value is -0.120. The minimum absolute atomic E-state index is 0.487. The van der Waals surface area contributed by atoms with Crippen LogP contribution in [0.4, 0.5) is 0 Å². The van der Waals surface area contributed by atoms with Gasteiger partial charge in [0.25, 0.3) is 0 Å². The van der Waals surface area contributed by atoms with Crippen LogP contribution in [0.15, 0.2) is 0 Å². The van der Waals surface area contributed by atoms with Gasteiger partial charge in [0.15, 0.2) is 0 Å². The summed E-state index contributed by atoms with van der Waals surface area (Å²) in [6.07, 6.45) is 8.46. The van der Waals surface area contributed by atoms with Crippen molar-refractivity contribution in [3.05, 3.63) is 0 Å². The molecule has 1 unspecified atom stereocenters. The monoisotopic (exact) mass is 240 g/mol. The van der Waals surface area contributed by atoms with Crippen molar-refractivity contribution >= 4 is 0 Å². The van der Waals surface area contributed by atoms with Crippen molar-refractivity contribution in [3.63, 3.8) is 0 Å². The smallest absolute Gasteiger partial charge is 0.0699 e. The first kappa shape index (κ1) is 13.3. The van der Waals surface area contributed by atoms with Crippen molar-refractivity contribution < 1.29 is 4.74 Å². The predicted molar refractivity (Wildman–Crippen MR) is 71.3 cm³/mol. The molecule has 17 heavy (non-hydrogen) atoms. The van der Waals surface area contributed by atoms with Crippen molar-refractivity contribution in [2.24, 2.45) is 5.92 Å². The summed E-state index contributed by atoms with van der Waals surface area (Å²) in [6.45, 7) is 5.79. The molecule has 2 heterocycles. The van der Waals surface area contributed by atoms with Crippen LogP contribution in [0.3, 0.4) is 0 Å². The van der Waals surface area contributed by atoms with Gasteiger partial charge in [-0.2, -0.15) is 0 Å². The Morgan fingerprint density at radius 1 is 1.18 bits per heavy atom. The maximum atomic E-state index is 5.71. The van der Waals surface area contributed by atoms with E-state index >= 15 is 0 Å². The number of rotatable bonds is 5. The summed E-state index contributed by atoms with van der Waals surface area (Å²) in [6, 6.07) is 0. The van der Waals surface area contributed by atoms with Gasteiger partial charge in [-0.1, -0.05) is 0 Å². The Balaban J connectivity index is 1.48. The summed E-state index contributed by atoms with van der Waals surface area (Å²) in [5.41, 5.74) is 0. The van der Waals surface area contributed by atoms with E-state index in [4.69, 9.17) is 4.74 Å². The van der Waals surface area contributed by atoms with Gasteiger partial charge in [-0.3, -0.25) is 0 Å². The lowest BCUT2D eigenvalue weighted by atomic mass is 9.94. The molecule has 0 aromatic rings. The highest BCUT2D eigenvalue weighted by molar-refractivity contribution is 4.72. The fraction of sp³-hybridized carbons (Fsp3) is 1.00. The van der Waals surface area contributed by atoms with Crippen LogP contribution < -0.4 is 5.32 Å². The first-order chi connectivity index (χ1) is 8.34. The Bertz CT molecular complexity index is 196. The lowest BCUT2D eigenvalue weighted by molar-refractivity contribution is 0.0168. The minimum atomic E-state index is 0.487. The quantitative estimate of drug-likeness (QED) is 0.743. The highest BCUT2D eigenvalue weighted by Gasteiger charge is 2.17. The van der Waals surface area contributed by atoms with Gasteiger partial charge in [-0.25, -0.2) is 0 Å². The third-order valence-corrected chi connectivity index (χ3v) is 4.21. The summed E-state index contributed by atoms with van der Waals surface area (Å²) in [5, 5.41) is 3.58. The third-order valence-electron chi connectivity index (χ3n) is 4.21. The lowest BCUT2D eigenvalue weighted by Crippen LogP contribution is -2.34. The number of ether oxygens (including phenoxy) is 1. The molecule has 1 N–H and O–H groups in total. The van der Waals surface area contributed by atoms with Gasteiger partial charge in [-0.15, -0.1) is 0 Å². The second-order valence-corrected chi connectivity index (χ2v) is 5.73. The Labute approximate surface area is 106 Å². The third kappa shape index (κ3) is 4.94. The number of nitrogens with one attached hydrogen (secondary N) is 1. The topological polar surface area (TPSA) is 24.5 Å². The highest BCUT2D eigenvalue weighted by Crippen LogP contribution is 2.18. The average Bonchev–Trinajstić information content (AvgIpc) is 2.38. The van der Waals surface area contributed by atoms with E-state index in [1.165, 1.54) is 58.2 Å². The molecule has 2 rings (SSSR count). The van der Waals surface area contributed by atoms with E-state index in [0.29, 0.717) is 6.10 Å². The van der Waals surface area contributed by atoms with Gasteiger partial charge < -0.3 is 15.0 Å². The first-order valence-corrected chi connectivity index (χ1v) is 7.35. The average molecular weight is 240 g/mol. The van der Waals surface area contributed by atoms with Crippen molar-refractivity contribution in [1.82, 2.24) is 10.2 Å². The van der Waals surface area contributed by atoms with E-state index < -0.39 is 0 Å². The predicted octanol–water partition coefficient (Wildman–Crippen LogP) is 1.88. The number of likely N-dealkylation sites (tertiary alicyclic amines) is 1. The van der Waals surface area contributed by atoms with Crippen LogP contribution in [0.5, 0.6) is 0 Å². The summed E-state index contributed by atoms with van der Waals surface area (Å²) >= 11 is 0. The Kier molecular flexibility index (Phi) is 5.75. The second kappa shape index (κ2) is 7.34. The molecule has 2 aliphatic rings. The number of hydrogen-bond donors (Lipinski definition) is 1. The molecule has 100 valence electrons. The molecule has 0 bridgehead atoms. The zero-order chi connectivity index (χ0) is 11.9. The largest absolute Gasteiger partial charge is 0.377 e. The molecule has 1 atom stereocenters. The summed E-state index contributed by atoms with van der Waals surface area (Å²) in [4.78, 5) is 2.44. The molecule has 2 aliphatic heterocycles. The van der Waals surface area contributed by atoms with Gasteiger partial charge in [-0.05, 0) is 71.1 Å². The van der Waals surface area contributed by atoms with Crippen LogP contribution in [-0.2, 0) is 4.74 Å². The molecular formula is C14H28N2O. The molecule has 3 nitrogen and oxygen atoms in total. The lowest BCUT2D eigenvalue weighted by Gasteiger charge is -2.29. The standard InChI is InChI=1S/C14H28N2O/c1-16-9-6-13(7-10-16)5-8-15-12-14-4-2-3-11-17-14/h13-15H,2-12H2,1H3. The maximum Gasteiger partial charge on any atom is 0.0699 e. The Morgan fingerprint density at radius 3 is 2.71 bits per heavy atom. The number of piperidine rings is 1. The molecule has 0 amide bonds. The number of hydrogen-bond acceptors (Lipinski definition) is 3. The van der Waals surface area contributed by atoms with E-state index in [0.717, 1.165) is 19.1 Å². The van der Waals surface area contributed by atoms with Crippen LogP contribution in [0.2, 0.25) is 0 Å². The maximum absolute atomic E-state index is 5.71. The van der Waals surface area contributed by atoms with Gasteiger partial charge in [0.1, 0.15) is 0 Å². The van der Waals surface area contributed by atoms with E-state index in [1.807, 2.05) is 0 Å². The van der Waals surface area contributed by atoms with Crippen molar-refractivity contribution in [1.29, 1.82) is 0 Å². The Morgan fingerprint density at radius 2 is 2.00 bits per heavy atom. The van der Waals surface area contributed by atoms with E-state index in [1.54, 1.807) is 0 Å². The first-order valence-electron chi connectivity index (χ1n) is 7.35. The van der Waals surface area contributed by atoms with E-state index in [9.17, 15) is 0 Å². The van der Waals surface area contributed by atoms with Crippen molar-refractivity contribution in [2.75, 3.05) is 39.8 Å². The summed E-state index contributed by atoms with van der Waals surface area (Å²) in [5.74, 6) is 0.950. The molecule has 0 aromatic carbocycles. The molecule has 0 spiro atoms. The summed E-state index contributed by atoms with van der Waals surface area (Å²) < 4.78 is 5.71. The molecule has 0 aromatic heterocycles.